The van der Waals surface area contributed by atoms with Crippen LogP contribution in [-0.4, -0.2) is 14.8 Å². The van der Waals surface area contributed by atoms with Gasteiger partial charge in [0.2, 0.25) is 0 Å². The number of hydrogen-bond acceptors (Lipinski definition) is 2. The standard InChI is InChI=1S/C28H17BrClN3/c29-19-15-16-24-22(17-19)25(21-13-7-8-14-23(21)30)26-27(18-9-3-1-4-10-18)32-33(28(26)31-24)20-11-5-2-6-12-20/h1-17H. The maximum atomic E-state index is 6.76. The van der Waals surface area contributed by atoms with Gasteiger partial charge in [-0.05, 0) is 36.4 Å². The lowest BCUT2D eigenvalue weighted by molar-refractivity contribution is 0.903. The van der Waals surface area contributed by atoms with Gasteiger partial charge in [0, 0.05) is 31.6 Å². The van der Waals surface area contributed by atoms with Crippen molar-refractivity contribution < 1.29 is 0 Å². The molecule has 33 heavy (non-hydrogen) atoms. The molecule has 0 fully saturated rings. The Morgan fingerprint density at radius 3 is 2.21 bits per heavy atom. The summed E-state index contributed by atoms with van der Waals surface area (Å²) in [6.45, 7) is 0. The van der Waals surface area contributed by atoms with E-state index >= 15 is 0 Å². The smallest absolute Gasteiger partial charge is 0.164 e. The highest BCUT2D eigenvalue weighted by molar-refractivity contribution is 9.10. The van der Waals surface area contributed by atoms with Gasteiger partial charge in [0.1, 0.15) is 5.69 Å². The molecule has 5 heteroatoms. The van der Waals surface area contributed by atoms with Gasteiger partial charge in [-0.2, -0.15) is 5.10 Å². The van der Waals surface area contributed by atoms with E-state index in [0.717, 1.165) is 54.5 Å². The van der Waals surface area contributed by atoms with Gasteiger partial charge < -0.3 is 0 Å². The third-order valence-corrected chi connectivity index (χ3v) is 6.58. The van der Waals surface area contributed by atoms with Crippen LogP contribution < -0.4 is 0 Å². The van der Waals surface area contributed by atoms with Crippen LogP contribution >= 0.6 is 27.5 Å². The van der Waals surface area contributed by atoms with Crippen LogP contribution in [0.3, 0.4) is 0 Å². The maximum absolute atomic E-state index is 6.76. The van der Waals surface area contributed by atoms with Gasteiger partial charge in [-0.15, -0.1) is 0 Å². The molecule has 0 aliphatic carbocycles. The van der Waals surface area contributed by atoms with Gasteiger partial charge in [-0.3, -0.25) is 0 Å². The second-order valence-corrected chi connectivity index (χ2v) is 9.11. The fourth-order valence-corrected chi connectivity index (χ4v) is 4.88. The van der Waals surface area contributed by atoms with E-state index < -0.39 is 0 Å². The summed E-state index contributed by atoms with van der Waals surface area (Å²) in [5.74, 6) is 0. The van der Waals surface area contributed by atoms with Crippen LogP contribution in [0.1, 0.15) is 0 Å². The zero-order valence-corrected chi connectivity index (χ0v) is 19.8. The molecule has 2 heterocycles. The maximum Gasteiger partial charge on any atom is 0.164 e. The van der Waals surface area contributed by atoms with Gasteiger partial charge in [0.25, 0.3) is 0 Å². The first-order chi connectivity index (χ1) is 16.2. The Kier molecular flexibility index (Phi) is 4.97. The topological polar surface area (TPSA) is 30.7 Å². The predicted octanol–water partition coefficient (Wildman–Crippen LogP) is 8.32. The van der Waals surface area contributed by atoms with Crippen molar-refractivity contribution in [1.82, 2.24) is 14.8 Å². The molecule has 0 saturated heterocycles. The molecule has 158 valence electrons. The largest absolute Gasteiger partial charge is 0.228 e. The number of nitrogens with zero attached hydrogens (tertiary/aromatic N) is 3. The third-order valence-electron chi connectivity index (χ3n) is 5.76. The minimum absolute atomic E-state index is 0.692. The van der Waals surface area contributed by atoms with Gasteiger partial charge in [-0.25, -0.2) is 9.67 Å². The van der Waals surface area contributed by atoms with Crippen LogP contribution in [0.15, 0.2) is 108 Å². The van der Waals surface area contributed by atoms with Crippen molar-refractivity contribution in [3.8, 4) is 28.1 Å². The van der Waals surface area contributed by atoms with Crippen LogP contribution in [0.25, 0.3) is 50.0 Å². The van der Waals surface area contributed by atoms with Gasteiger partial charge >= 0.3 is 0 Å². The second-order valence-electron chi connectivity index (χ2n) is 7.79. The van der Waals surface area contributed by atoms with Crippen molar-refractivity contribution in [3.05, 3.63) is 113 Å². The highest BCUT2D eigenvalue weighted by atomic mass is 79.9. The molecule has 0 atom stereocenters. The molecular weight excluding hydrogens is 494 g/mol. The molecule has 4 aromatic carbocycles. The number of halogens is 2. The molecule has 0 aliphatic rings. The minimum atomic E-state index is 0.692. The molecular formula is C28H17BrClN3. The molecule has 2 aromatic heterocycles. The monoisotopic (exact) mass is 509 g/mol. The van der Waals surface area contributed by atoms with Gasteiger partial charge in [-0.1, -0.05) is 94.3 Å². The van der Waals surface area contributed by atoms with E-state index in [-0.39, 0.29) is 0 Å². The van der Waals surface area contributed by atoms with Crippen molar-refractivity contribution >= 4 is 49.5 Å². The molecule has 0 unspecified atom stereocenters. The zero-order chi connectivity index (χ0) is 22.4. The van der Waals surface area contributed by atoms with Crippen LogP contribution in [0.5, 0.6) is 0 Å². The normalized spacial score (nSPS) is 11.3. The van der Waals surface area contributed by atoms with Gasteiger partial charge in [0.15, 0.2) is 5.65 Å². The summed E-state index contributed by atoms with van der Waals surface area (Å²) < 4.78 is 2.92. The Balaban J connectivity index is 1.85. The Hall–Kier alpha value is -3.47. The van der Waals surface area contributed by atoms with Crippen LogP contribution in [0.2, 0.25) is 5.02 Å². The Morgan fingerprint density at radius 1 is 0.758 bits per heavy atom. The molecule has 0 spiro atoms. The van der Waals surface area contributed by atoms with Gasteiger partial charge in [0.05, 0.1) is 16.6 Å². The van der Waals surface area contributed by atoms with E-state index in [4.69, 9.17) is 21.7 Å². The average molecular weight is 511 g/mol. The Labute approximate surface area is 204 Å². The van der Waals surface area contributed by atoms with E-state index in [2.05, 4.69) is 40.2 Å². The molecule has 0 saturated carbocycles. The molecule has 6 aromatic rings. The third kappa shape index (κ3) is 3.43. The lowest BCUT2D eigenvalue weighted by Crippen LogP contribution is -1.98. The van der Waals surface area contributed by atoms with Crippen molar-refractivity contribution in [2.24, 2.45) is 0 Å². The van der Waals surface area contributed by atoms with Crippen LogP contribution in [0.4, 0.5) is 0 Å². The Morgan fingerprint density at radius 2 is 1.45 bits per heavy atom. The lowest BCUT2D eigenvalue weighted by atomic mass is 9.95. The summed E-state index contributed by atoms with van der Waals surface area (Å²) in [6.07, 6.45) is 0. The first-order valence-electron chi connectivity index (χ1n) is 10.6. The van der Waals surface area contributed by atoms with E-state index in [1.54, 1.807) is 0 Å². The number of benzene rings is 4. The number of fused-ring (bicyclic) bond motifs is 2. The van der Waals surface area contributed by atoms with Crippen molar-refractivity contribution in [2.75, 3.05) is 0 Å². The second kappa shape index (κ2) is 8.14. The predicted molar refractivity (Wildman–Crippen MR) is 140 cm³/mol. The quantitative estimate of drug-likeness (QED) is 0.240. The first-order valence-corrected chi connectivity index (χ1v) is 11.8. The molecule has 3 nitrogen and oxygen atoms in total. The van der Waals surface area contributed by atoms with Crippen molar-refractivity contribution in [1.29, 1.82) is 0 Å². The lowest BCUT2D eigenvalue weighted by Gasteiger charge is -2.12. The Bertz CT molecular complexity index is 1630. The van der Waals surface area contributed by atoms with Crippen LogP contribution in [0, 0.1) is 0 Å². The molecule has 6 rings (SSSR count). The number of aromatic nitrogens is 3. The molecule has 0 amide bonds. The van der Waals surface area contributed by atoms with E-state index in [0.29, 0.717) is 5.02 Å². The fourth-order valence-electron chi connectivity index (χ4n) is 4.29. The van der Waals surface area contributed by atoms with Crippen molar-refractivity contribution in [3.63, 3.8) is 0 Å². The van der Waals surface area contributed by atoms with E-state index in [1.807, 2.05) is 83.5 Å². The highest BCUT2D eigenvalue weighted by Gasteiger charge is 2.23. The fraction of sp³-hybridized carbons (Fsp3) is 0. The number of pyridine rings is 1. The van der Waals surface area contributed by atoms with Crippen molar-refractivity contribution in [2.45, 2.75) is 0 Å². The summed E-state index contributed by atoms with van der Waals surface area (Å²) in [5, 5.41) is 7.78. The summed E-state index contributed by atoms with van der Waals surface area (Å²) in [6, 6.07) is 34.5. The molecule has 0 bridgehead atoms. The summed E-state index contributed by atoms with van der Waals surface area (Å²) in [4.78, 5) is 5.09. The highest BCUT2D eigenvalue weighted by Crippen LogP contribution is 2.43. The number of rotatable bonds is 3. The molecule has 0 radical (unpaired) electrons. The van der Waals surface area contributed by atoms with E-state index in [9.17, 15) is 0 Å². The SMILES string of the molecule is Clc1ccccc1-c1c2cc(Br)ccc2nc2c1c(-c1ccccc1)nn2-c1ccccc1. The van der Waals surface area contributed by atoms with Crippen LogP contribution in [-0.2, 0) is 0 Å². The summed E-state index contributed by atoms with van der Waals surface area (Å²) in [5.41, 5.74) is 6.53. The summed E-state index contributed by atoms with van der Waals surface area (Å²) in [7, 11) is 0. The van der Waals surface area contributed by atoms with E-state index in [1.165, 1.54) is 0 Å². The molecule has 0 N–H and O–H groups in total. The molecule has 0 aliphatic heterocycles. The zero-order valence-electron chi connectivity index (χ0n) is 17.4. The first kappa shape index (κ1) is 20.2. The average Bonchev–Trinajstić information content (AvgIpc) is 3.23. The number of para-hydroxylation sites is 1. The number of hydrogen-bond donors (Lipinski definition) is 0. The summed E-state index contributed by atoms with van der Waals surface area (Å²) >= 11 is 10.4. The minimum Gasteiger partial charge on any atom is -0.228 e.